The van der Waals surface area contributed by atoms with Crippen LogP contribution in [0.2, 0.25) is 0 Å². The molecule has 0 aliphatic heterocycles. The van der Waals surface area contributed by atoms with Crippen molar-refractivity contribution in [1.82, 2.24) is 0 Å². The van der Waals surface area contributed by atoms with E-state index >= 15 is 0 Å². The van der Waals surface area contributed by atoms with E-state index in [0.29, 0.717) is 0 Å². The molecule has 0 spiro atoms. The lowest BCUT2D eigenvalue weighted by molar-refractivity contribution is 0.111. The second kappa shape index (κ2) is 5.44. The summed E-state index contributed by atoms with van der Waals surface area (Å²) in [6, 6.07) is 5.75. The number of rotatable bonds is 3. The maximum absolute atomic E-state index is 13.5. The normalized spacial score (nSPS) is 10.3. The number of hydrogen-bond donors (Lipinski definition) is 0. The van der Waals surface area contributed by atoms with E-state index < -0.39 is 23.2 Å². The monoisotopic (exact) mass is 330 g/mol. The number of benzene rings is 2. The lowest BCUT2D eigenvalue weighted by Crippen LogP contribution is -1.97. The molecular formula is C13H6BrF3O2. The van der Waals surface area contributed by atoms with Crippen LogP contribution in [0.5, 0.6) is 11.5 Å². The average molecular weight is 331 g/mol. The van der Waals surface area contributed by atoms with Crippen molar-refractivity contribution in [2.24, 2.45) is 0 Å². The molecule has 6 heteroatoms. The summed E-state index contributed by atoms with van der Waals surface area (Å²) in [5.41, 5.74) is -0.359. The molecule has 2 nitrogen and oxygen atoms in total. The zero-order valence-corrected chi connectivity index (χ0v) is 10.9. The van der Waals surface area contributed by atoms with Crippen LogP contribution in [0.25, 0.3) is 0 Å². The van der Waals surface area contributed by atoms with Gasteiger partial charge in [0.05, 0.1) is 5.56 Å². The average Bonchev–Trinajstić information content (AvgIpc) is 2.35. The predicted molar refractivity (Wildman–Crippen MR) is 65.9 cm³/mol. The molecule has 98 valence electrons. The summed E-state index contributed by atoms with van der Waals surface area (Å²) in [5, 5.41) is 0. The Bertz CT molecular complexity index is 644. The molecule has 2 aromatic carbocycles. The predicted octanol–water partition coefficient (Wildman–Crippen LogP) is 4.47. The molecule has 0 atom stereocenters. The van der Waals surface area contributed by atoms with E-state index in [-0.39, 0.29) is 22.1 Å². The Morgan fingerprint density at radius 1 is 1.05 bits per heavy atom. The fourth-order valence-electron chi connectivity index (χ4n) is 1.45. The van der Waals surface area contributed by atoms with Gasteiger partial charge in [0, 0.05) is 4.47 Å². The van der Waals surface area contributed by atoms with Crippen molar-refractivity contribution in [3.63, 3.8) is 0 Å². The van der Waals surface area contributed by atoms with Crippen molar-refractivity contribution in [2.45, 2.75) is 0 Å². The highest BCUT2D eigenvalue weighted by Crippen LogP contribution is 2.31. The number of ether oxygens (including phenoxy) is 1. The van der Waals surface area contributed by atoms with E-state index in [4.69, 9.17) is 4.74 Å². The Morgan fingerprint density at radius 3 is 2.47 bits per heavy atom. The SMILES string of the molecule is O=Cc1c(F)cccc1Oc1cc(Br)cc(F)c1F. The Hall–Kier alpha value is -1.82. The van der Waals surface area contributed by atoms with Crippen molar-refractivity contribution in [2.75, 3.05) is 0 Å². The molecule has 2 aromatic rings. The van der Waals surface area contributed by atoms with Crippen LogP contribution in [0.4, 0.5) is 13.2 Å². The minimum absolute atomic E-state index is 0.189. The summed E-state index contributed by atoms with van der Waals surface area (Å²) in [7, 11) is 0. The van der Waals surface area contributed by atoms with Gasteiger partial charge in [0.15, 0.2) is 17.9 Å². The van der Waals surface area contributed by atoms with Gasteiger partial charge in [0.2, 0.25) is 5.82 Å². The Balaban J connectivity index is 2.47. The quantitative estimate of drug-likeness (QED) is 0.613. The van der Waals surface area contributed by atoms with Gasteiger partial charge in [0.1, 0.15) is 11.6 Å². The standard InChI is InChI=1S/C13H6BrF3O2/c14-7-4-10(16)13(17)12(5-7)19-11-3-1-2-9(15)8(11)6-18/h1-6H. The third kappa shape index (κ3) is 2.78. The summed E-state index contributed by atoms with van der Waals surface area (Å²) in [6.45, 7) is 0. The molecule has 0 heterocycles. The molecule has 0 radical (unpaired) electrons. The highest BCUT2D eigenvalue weighted by atomic mass is 79.9. The van der Waals surface area contributed by atoms with E-state index in [1.54, 1.807) is 0 Å². The number of carbonyl (C=O) groups excluding carboxylic acids is 1. The van der Waals surface area contributed by atoms with Gasteiger partial charge in [-0.1, -0.05) is 22.0 Å². The van der Waals surface area contributed by atoms with E-state index in [2.05, 4.69) is 15.9 Å². The van der Waals surface area contributed by atoms with Crippen LogP contribution in [0.15, 0.2) is 34.8 Å². The van der Waals surface area contributed by atoms with Gasteiger partial charge in [0.25, 0.3) is 0 Å². The summed E-state index contributed by atoms with van der Waals surface area (Å²) in [6.07, 6.45) is 0.247. The summed E-state index contributed by atoms with van der Waals surface area (Å²) >= 11 is 2.98. The van der Waals surface area contributed by atoms with Gasteiger partial charge in [-0.15, -0.1) is 0 Å². The molecule has 0 saturated carbocycles. The zero-order valence-electron chi connectivity index (χ0n) is 9.29. The minimum Gasteiger partial charge on any atom is -0.453 e. The van der Waals surface area contributed by atoms with Crippen LogP contribution >= 0.6 is 15.9 Å². The summed E-state index contributed by atoms with van der Waals surface area (Å²) < 4.78 is 45.3. The summed E-state index contributed by atoms with van der Waals surface area (Å²) in [5.74, 6) is -3.77. The second-order valence-corrected chi connectivity index (χ2v) is 4.49. The molecular weight excluding hydrogens is 325 g/mol. The van der Waals surface area contributed by atoms with Crippen molar-refractivity contribution in [3.05, 3.63) is 57.8 Å². The molecule has 0 unspecified atom stereocenters. The third-order valence-electron chi connectivity index (χ3n) is 2.31. The van der Waals surface area contributed by atoms with Gasteiger partial charge in [-0.3, -0.25) is 4.79 Å². The van der Waals surface area contributed by atoms with Crippen molar-refractivity contribution >= 4 is 22.2 Å². The van der Waals surface area contributed by atoms with E-state index in [0.717, 1.165) is 12.1 Å². The van der Waals surface area contributed by atoms with E-state index in [1.165, 1.54) is 18.2 Å². The first kappa shape index (κ1) is 13.6. The second-order valence-electron chi connectivity index (χ2n) is 3.57. The lowest BCUT2D eigenvalue weighted by atomic mass is 10.2. The van der Waals surface area contributed by atoms with Gasteiger partial charge >= 0.3 is 0 Å². The first-order valence-electron chi connectivity index (χ1n) is 5.09. The molecule has 0 fully saturated rings. The van der Waals surface area contributed by atoms with Crippen LogP contribution in [0.1, 0.15) is 10.4 Å². The van der Waals surface area contributed by atoms with Crippen LogP contribution in [-0.4, -0.2) is 6.29 Å². The molecule has 19 heavy (non-hydrogen) atoms. The van der Waals surface area contributed by atoms with E-state index in [9.17, 15) is 18.0 Å². The highest BCUT2D eigenvalue weighted by molar-refractivity contribution is 9.10. The number of aldehydes is 1. The fourth-order valence-corrected chi connectivity index (χ4v) is 1.85. The van der Waals surface area contributed by atoms with Crippen LogP contribution in [0.3, 0.4) is 0 Å². The van der Waals surface area contributed by atoms with Crippen LogP contribution in [0, 0.1) is 17.5 Å². The minimum atomic E-state index is -1.22. The van der Waals surface area contributed by atoms with Crippen LogP contribution in [-0.2, 0) is 0 Å². The molecule has 0 amide bonds. The zero-order chi connectivity index (χ0) is 14.0. The number of hydrogen-bond acceptors (Lipinski definition) is 2. The lowest BCUT2D eigenvalue weighted by Gasteiger charge is -2.10. The van der Waals surface area contributed by atoms with Gasteiger partial charge in [-0.2, -0.15) is 4.39 Å². The highest BCUT2D eigenvalue weighted by Gasteiger charge is 2.15. The Kier molecular flexibility index (Phi) is 3.90. The largest absolute Gasteiger partial charge is 0.453 e. The Morgan fingerprint density at radius 2 is 1.79 bits per heavy atom. The number of halogens is 4. The van der Waals surface area contributed by atoms with Gasteiger partial charge < -0.3 is 4.74 Å². The first-order valence-corrected chi connectivity index (χ1v) is 5.88. The van der Waals surface area contributed by atoms with Crippen molar-refractivity contribution in [1.29, 1.82) is 0 Å². The Labute approximate surface area is 114 Å². The molecule has 0 aliphatic carbocycles. The summed E-state index contributed by atoms with van der Waals surface area (Å²) in [4.78, 5) is 10.8. The van der Waals surface area contributed by atoms with Crippen molar-refractivity contribution in [3.8, 4) is 11.5 Å². The maximum Gasteiger partial charge on any atom is 0.201 e. The third-order valence-corrected chi connectivity index (χ3v) is 2.77. The molecule has 2 rings (SSSR count). The molecule has 0 N–H and O–H groups in total. The smallest absolute Gasteiger partial charge is 0.201 e. The van der Waals surface area contributed by atoms with Gasteiger partial charge in [-0.25, -0.2) is 8.78 Å². The fraction of sp³-hybridized carbons (Fsp3) is 0. The topological polar surface area (TPSA) is 26.3 Å². The number of carbonyl (C=O) groups is 1. The van der Waals surface area contributed by atoms with Crippen molar-refractivity contribution < 1.29 is 22.7 Å². The molecule has 0 aliphatic rings. The molecule has 0 saturated heterocycles. The maximum atomic E-state index is 13.5. The molecule has 0 bridgehead atoms. The molecule has 0 aromatic heterocycles. The first-order chi connectivity index (χ1) is 9.02. The van der Waals surface area contributed by atoms with Crippen LogP contribution < -0.4 is 4.74 Å². The van der Waals surface area contributed by atoms with Gasteiger partial charge in [-0.05, 0) is 24.3 Å². The van der Waals surface area contributed by atoms with E-state index in [1.807, 2.05) is 0 Å².